The van der Waals surface area contributed by atoms with Crippen LogP contribution in [0.3, 0.4) is 0 Å². The highest BCUT2D eigenvalue weighted by Gasteiger charge is 2.16. The number of hydrogen-bond donors (Lipinski definition) is 1. The second kappa shape index (κ2) is 12.3. The number of benzene rings is 2. The summed E-state index contributed by atoms with van der Waals surface area (Å²) >= 11 is 6.44. The summed E-state index contributed by atoms with van der Waals surface area (Å²) in [4.78, 5) is 12.5. The second-order valence-electron chi connectivity index (χ2n) is 7.08. The van der Waals surface area contributed by atoms with Crippen molar-refractivity contribution in [2.75, 3.05) is 32.2 Å². The molecule has 0 aliphatic rings. The van der Waals surface area contributed by atoms with Gasteiger partial charge in [-0.3, -0.25) is 4.79 Å². The van der Waals surface area contributed by atoms with E-state index in [2.05, 4.69) is 10.5 Å². The highest BCUT2D eigenvalue weighted by atomic mass is 35.5. The molecule has 9 nitrogen and oxygen atoms in total. The maximum Gasteiger partial charge on any atom is 0.267 e. The topological polar surface area (TPSA) is 116 Å². The van der Waals surface area contributed by atoms with E-state index in [4.69, 9.17) is 35.1 Å². The lowest BCUT2D eigenvalue weighted by molar-refractivity contribution is -0.112. The number of halogens is 1. The van der Waals surface area contributed by atoms with Gasteiger partial charge in [-0.2, -0.15) is 5.26 Å². The summed E-state index contributed by atoms with van der Waals surface area (Å²) in [6, 6.07) is 13.8. The van der Waals surface area contributed by atoms with Crippen molar-refractivity contribution in [3.8, 4) is 29.1 Å². The first-order chi connectivity index (χ1) is 16.9. The van der Waals surface area contributed by atoms with Crippen LogP contribution in [0.25, 0.3) is 6.08 Å². The fourth-order valence-corrected chi connectivity index (χ4v) is 3.25. The van der Waals surface area contributed by atoms with Crippen molar-refractivity contribution in [3.63, 3.8) is 0 Å². The van der Waals surface area contributed by atoms with Gasteiger partial charge in [-0.25, -0.2) is 0 Å². The number of nitriles is 1. The molecule has 0 bridgehead atoms. The standard InChI is InChI=1S/C25H24ClN3O6/c1-4-32-22-14-17(12-18(15-27)25(30)28-23-11-16(2)35-29-23)13-21(26)24(22)34-10-9-33-20-7-5-19(31-3)6-8-20/h5-8,11-14H,4,9-10H2,1-3H3,(H,28,29,30). The molecule has 3 aromatic rings. The minimum Gasteiger partial charge on any atom is -0.497 e. The highest BCUT2D eigenvalue weighted by molar-refractivity contribution is 6.32. The predicted octanol–water partition coefficient (Wildman–Crippen LogP) is 5.05. The Labute approximate surface area is 207 Å². The first-order valence-electron chi connectivity index (χ1n) is 10.7. The van der Waals surface area contributed by atoms with E-state index in [0.717, 1.165) is 5.75 Å². The van der Waals surface area contributed by atoms with Crippen LogP contribution in [0.2, 0.25) is 5.02 Å². The van der Waals surface area contributed by atoms with Gasteiger partial charge in [-0.15, -0.1) is 0 Å². The van der Waals surface area contributed by atoms with Gasteiger partial charge in [0.05, 0.1) is 18.7 Å². The number of anilines is 1. The Kier molecular flexibility index (Phi) is 8.98. The van der Waals surface area contributed by atoms with E-state index in [-0.39, 0.29) is 29.6 Å². The zero-order valence-electron chi connectivity index (χ0n) is 19.5. The van der Waals surface area contributed by atoms with E-state index in [1.54, 1.807) is 56.5 Å². The number of carbonyl (C=O) groups excluding carboxylic acids is 1. The lowest BCUT2D eigenvalue weighted by Gasteiger charge is -2.15. The average Bonchev–Trinajstić information content (AvgIpc) is 3.26. The van der Waals surface area contributed by atoms with Crippen LogP contribution in [0.4, 0.5) is 5.82 Å². The third-order valence-electron chi connectivity index (χ3n) is 4.54. The molecule has 1 amide bonds. The summed E-state index contributed by atoms with van der Waals surface area (Å²) in [6.45, 7) is 4.36. The molecule has 0 saturated heterocycles. The van der Waals surface area contributed by atoms with Crippen LogP contribution < -0.4 is 24.3 Å². The van der Waals surface area contributed by atoms with Gasteiger partial charge in [-0.05, 0) is 61.9 Å². The number of aryl methyl sites for hydroxylation is 1. The second-order valence-corrected chi connectivity index (χ2v) is 7.49. The number of hydrogen-bond acceptors (Lipinski definition) is 8. The predicted molar refractivity (Wildman–Crippen MR) is 130 cm³/mol. The van der Waals surface area contributed by atoms with Crippen molar-refractivity contribution in [1.82, 2.24) is 5.16 Å². The highest BCUT2D eigenvalue weighted by Crippen LogP contribution is 2.37. The Hall–Kier alpha value is -4.16. The molecule has 0 aliphatic carbocycles. The van der Waals surface area contributed by atoms with Crippen molar-refractivity contribution in [2.45, 2.75) is 13.8 Å². The van der Waals surface area contributed by atoms with Gasteiger partial charge < -0.3 is 28.8 Å². The number of ether oxygens (including phenoxy) is 4. The maximum atomic E-state index is 12.5. The summed E-state index contributed by atoms with van der Waals surface area (Å²) < 4.78 is 27.2. The maximum absolute atomic E-state index is 12.5. The van der Waals surface area contributed by atoms with Gasteiger partial charge in [0.2, 0.25) is 0 Å². The molecule has 0 spiro atoms. The van der Waals surface area contributed by atoms with Gasteiger partial charge in [0.1, 0.15) is 42.1 Å². The third kappa shape index (κ3) is 7.16. The van der Waals surface area contributed by atoms with Crippen LogP contribution in [-0.2, 0) is 4.79 Å². The van der Waals surface area contributed by atoms with Crippen LogP contribution in [0.15, 0.2) is 52.6 Å². The van der Waals surface area contributed by atoms with Crippen LogP contribution in [0.5, 0.6) is 23.0 Å². The van der Waals surface area contributed by atoms with Crippen LogP contribution in [0.1, 0.15) is 18.2 Å². The number of carbonyl (C=O) groups is 1. The molecule has 10 heteroatoms. The summed E-state index contributed by atoms with van der Waals surface area (Å²) in [5, 5.41) is 15.9. The van der Waals surface area contributed by atoms with Gasteiger partial charge in [0.15, 0.2) is 17.3 Å². The molecule has 2 aromatic carbocycles. The minimum absolute atomic E-state index is 0.147. The van der Waals surface area contributed by atoms with Crippen molar-refractivity contribution in [3.05, 3.63) is 64.4 Å². The van der Waals surface area contributed by atoms with Crippen molar-refractivity contribution >= 4 is 29.4 Å². The molecule has 1 aromatic heterocycles. The molecular formula is C25H24ClN3O6. The average molecular weight is 498 g/mol. The Morgan fingerprint density at radius 2 is 1.86 bits per heavy atom. The number of methoxy groups -OCH3 is 1. The summed E-state index contributed by atoms with van der Waals surface area (Å²) in [7, 11) is 1.60. The Morgan fingerprint density at radius 3 is 2.49 bits per heavy atom. The molecule has 1 heterocycles. The number of nitrogens with zero attached hydrogens (tertiary/aromatic N) is 2. The van der Waals surface area contributed by atoms with Crippen LogP contribution in [0, 0.1) is 18.3 Å². The lowest BCUT2D eigenvalue weighted by Crippen LogP contribution is -2.13. The largest absolute Gasteiger partial charge is 0.497 e. The molecule has 1 N–H and O–H groups in total. The zero-order valence-corrected chi connectivity index (χ0v) is 20.2. The summed E-state index contributed by atoms with van der Waals surface area (Å²) in [6.07, 6.45) is 1.40. The van der Waals surface area contributed by atoms with Crippen molar-refractivity contribution in [1.29, 1.82) is 5.26 Å². The fourth-order valence-electron chi connectivity index (χ4n) is 2.97. The Balaban J connectivity index is 1.69. The molecule has 0 radical (unpaired) electrons. The van der Waals surface area contributed by atoms with Crippen LogP contribution in [-0.4, -0.2) is 38.0 Å². The molecule has 0 fully saturated rings. The quantitative estimate of drug-likeness (QED) is 0.222. The Bertz CT molecular complexity index is 1230. The molecule has 35 heavy (non-hydrogen) atoms. The van der Waals surface area contributed by atoms with Gasteiger partial charge in [0.25, 0.3) is 5.91 Å². The molecule has 0 unspecified atom stereocenters. The molecule has 0 atom stereocenters. The zero-order chi connectivity index (χ0) is 25.2. The van der Waals surface area contributed by atoms with Gasteiger partial charge >= 0.3 is 0 Å². The number of amides is 1. The lowest BCUT2D eigenvalue weighted by atomic mass is 10.1. The molecule has 0 aliphatic heterocycles. The van der Waals surface area contributed by atoms with Crippen molar-refractivity contribution in [2.24, 2.45) is 0 Å². The SMILES string of the molecule is CCOc1cc(C=C(C#N)C(=O)Nc2cc(C)on2)cc(Cl)c1OCCOc1ccc(OC)cc1. The fraction of sp³-hybridized carbons (Fsp3) is 0.240. The van der Waals surface area contributed by atoms with Crippen LogP contribution >= 0.6 is 11.6 Å². The molecule has 0 saturated carbocycles. The molecule has 3 rings (SSSR count). The van der Waals surface area contributed by atoms with E-state index in [0.29, 0.717) is 35.2 Å². The number of nitrogens with one attached hydrogen (secondary N) is 1. The minimum atomic E-state index is -0.633. The molecular weight excluding hydrogens is 474 g/mol. The Morgan fingerprint density at radius 1 is 1.14 bits per heavy atom. The molecule has 182 valence electrons. The number of aromatic nitrogens is 1. The normalized spacial score (nSPS) is 10.9. The third-order valence-corrected chi connectivity index (χ3v) is 4.82. The van der Waals surface area contributed by atoms with E-state index in [1.807, 2.05) is 13.0 Å². The smallest absolute Gasteiger partial charge is 0.267 e. The van der Waals surface area contributed by atoms with Gasteiger partial charge in [-0.1, -0.05) is 16.8 Å². The summed E-state index contributed by atoms with van der Waals surface area (Å²) in [5.41, 5.74) is 0.342. The first-order valence-corrected chi connectivity index (χ1v) is 11.0. The van der Waals surface area contributed by atoms with E-state index in [1.165, 1.54) is 6.08 Å². The number of rotatable bonds is 11. The first kappa shape index (κ1) is 25.5. The summed E-state index contributed by atoms with van der Waals surface area (Å²) in [5.74, 6) is 2.23. The van der Waals surface area contributed by atoms with E-state index < -0.39 is 5.91 Å². The van der Waals surface area contributed by atoms with E-state index in [9.17, 15) is 10.1 Å². The van der Waals surface area contributed by atoms with Crippen molar-refractivity contribution < 1.29 is 28.3 Å². The monoisotopic (exact) mass is 497 g/mol. The van der Waals surface area contributed by atoms with E-state index >= 15 is 0 Å². The van der Waals surface area contributed by atoms with Gasteiger partial charge in [0, 0.05) is 6.07 Å².